The third-order valence-corrected chi connectivity index (χ3v) is 3.58. The van der Waals surface area contributed by atoms with Gasteiger partial charge in [-0.15, -0.1) is 5.10 Å². The summed E-state index contributed by atoms with van der Waals surface area (Å²) in [6.45, 7) is 0. The molecule has 4 rings (SSSR count). The van der Waals surface area contributed by atoms with Crippen LogP contribution in [0.15, 0.2) is 67.0 Å². The van der Waals surface area contributed by atoms with Crippen molar-refractivity contribution in [3.63, 3.8) is 0 Å². The van der Waals surface area contributed by atoms with Crippen molar-refractivity contribution in [2.24, 2.45) is 0 Å². The number of rotatable bonds is 2. The van der Waals surface area contributed by atoms with E-state index in [-0.39, 0.29) is 0 Å². The fraction of sp³-hybridized carbons (Fsp3) is 0. The highest BCUT2D eigenvalue weighted by Crippen LogP contribution is 2.32. The molecule has 0 radical (unpaired) electrons. The highest BCUT2D eigenvalue weighted by atomic mass is 15.5. The Morgan fingerprint density at radius 1 is 0.727 bits per heavy atom. The van der Waals surface area contributed by atoms with Gasteiger partial charge in [0.15, 0.2) is 5.65 Å². The maximum absolute atomic E-state index is 5.98. The Hall–Kier alpha value is -3.21. The summed E-state index contributed by atoms with van der Waals surface area (Å²) in [7, 11) is 0. The zero-order valence-electron chi connectivity index (χ0n) is 11.7. The SMILES string of the molecule is Nn1nc(-c2ccccc2)c2c(-c3ccccc3)ncnc21. The van der Waals surface area contributed by atoms with Crippen LogP contribution in [0.5, 0.6) is 0 Å². The molecule has 106 valence electrons. The van der Waals surface area contributed by atoms with Crippen molar-refractivity contribution in [3.8, 4) is 22.5 Å². The molecular formula is C17H13N5. The Kier molecular flexibility index (Phi) is 2.83. The molecule has 0 saturated heterocycles. The van der Waals surface area contributed by atoms with Crippen LogP contribution in [0, 0.1) is 0 Å². The Balaban J connectivity index is 2.07. The second-order valence-corrected chi connectivity index (χ2v) is 4.95. The molecule has 0 bridgehead atoms. The molecule has 0 aliphatic heterocycles. The number of benzene rings is 2. The van der Waals surface area contributed by atoms with E-state index in [9.17, 15) is 0 Å². The predicted molar refractivity (Wildman–Crippen MR) is 86.3 cm³/mol. The molecule has 0 amide bonds. The van der Waals surface area contributed by atoms with E-state index in [1.54, 1.807) is 0 Å². The summed E-state index contributed by atoms with van der Waals surface area (Å²) in [6, 6.07) is 19.9. The molecular weight excluding hydrogens is 274 g/mol. The molecule has 4 aromatic rings. The van der Waals surface area contributed by atoms with E-state index in [1.165, 1.54) is 11.1 Å². The molecule has 2 aromatic heterocycles. The fourth-order valence-electron chi connectivity index (χ4n) is 2.59. The van der Waals surface area contributed by atoms with Crippen LogP contribution in [0.3, 0.4) is 0 Å². The predicted octanol–water partition coefficient (Wildman–Crippen LogP) is 2.87. The third-order valence-electron chi connectivity index (χ3n) is 3.58. The van der Waals surface area contributed by atoms with Gasteiger partial charge >= 0.3 is 0 Å². The van der Waals surface area contributed by atoms with Gasteiger partial charge in [-0.3, -0.25) is 0 Å². The average Bonchev–Trinajstić information content (AvgIpc) is 2.94. The molecule has 2 heterocycles. The minimum atomic E-state index is 0.618. The average molecular weight is 287 g/mol. The number of nitrogen functional groups attached to an aromatic ring is 1. The normalized spacial score (nSPS) is 10.9. The van der Waals surface area contributed by atoms with Crippen LogP contribution in [0.1, 0.15) is 0 Å². The number of hydrogen-bond donors (Lipinski definition) is 1. The Morgan fingerprint density at radius 3 is 1.95 bits per heavy atom. The zero-order chi connectivity index (χ0) is 14.9. The lowest BCUT2D eigenvalue weighted by Crippen LogP contribution is -2.10. The smallest absolute Gasteiger partial charge is 0.184 e. The van der Waals surface area contributed by atoms with Crippen molar-refractivity contribution < 1.29 is 0 Å². The van der Waals surface area contributed by atoms with Gasteiger partial charge in [0, 0.05) is 11.1 Å². The van der Waals surface area contributed by atoms with Crippen molar-refractivity contribution >= 4 is 11.0 Å². The van der Waals surface area contributed by atoms with Gasteiger partial charge in [-0.25, -0.2) is 9.97 Å². The monoisotopic (exact) mass is 287 g/mol. The summed E-state index contributed by atoms with van der Waals surface area (Å²) in [4.78, 5) is 10.0. The molecule has 0 unspecified atom stereocenters. The Morgan fingerprint density at radius 2 is 1.32 bits per heavy atom. The largest absolute Gasteiger partial charge is 0.321 e. The number of aromatic nitrogens is 4. The first-order valence-corrected chi connectivity index (χ1v) is 6.94. The van der Waals surface area contributed by atoms with Gasteiger partial charge in [0.1, 0.15) is 12.0 Å². The maximum atomic E-state index is 5.98. The lowest BCUT2D eigenvalue weighted by atomic mass is 10.0. The van der Waals surface area contributed by atoms with E-state index in [0.29, 0.717) is 5.65 Å². The molecule has 0 atom stereocenters. The maximum Gasteiger partial charge on any atom is 0.184 e. The molecule has 0 aliphatic rings. The lowest BCUT2D eigenvalue weighted by Gasteiger charge is -2.03. The summed E-state index contributed by atoms with van der Waals surface area (Å²) >= 11 is 0. The number of nitrogens with two attached hydrogens (primary N) is 1. The van der Waals surface area contributed by atoms with Gasteiger partial charge in [0.2, 0.25) is 0 Å². The quantitative estimate of drug-likeness (QED) is 0.575. The summed E-state index contributed by atoms with van der Waals surface area (Å²) < 4.78 is 0. The van der Waals surface area contributed by atoms with Crippen LogP contribution in [0.25, 0.3) is 33.5 Å². The highest BCUT2D eigenvalue weighted by molar-refractivity contribution is 6.00. The second kappa shape index (κ2) is 4.96. The molecule has 2 N–H and O–H groups in total. The van der Waals surface area contributed by atoms with E-state index in [2.05, 4.69) is 15.1 Å². The number of nitrogens with zero attached hydrogens (tertiary/aromatic N) is 4. The first-order valence-electron chi connectivity index (χ1n) is 6.94. The standard InChI is InChI=1S/C17H13N5/c18-22-17-14(16(21-22)13-9-5-2-6-10-13)15(19-11-20-17)12-7-3-1-4-8-12/h1-11H,18H2. The fourth-order valence-corrected chi connectivity index (χ4v) is 2.59. The van der Waals surface area contributed by atoms with Crippen molar-refractivity contribution in [1.82, 2.24) is 19.9 Å². The molecule has 0 fully saturated rings. The Labute approximate surface area is 127 Å². The van der Waals surface area contributed by atoms with Gasteiger partial charge in [0.05, 0.1) is 11.1 Å². The van der Waals surface area contributed by atoms with Crippen LogP contribution in [-0.4, -0.2) is 19.9 Å². The molecule has 0 saturated carbocycles. The van der Waals surface area contributed by atoms with Gasteiger partial charge in [-0.05, 0) is 0 Å². The second-order valence-electron chi connectivity index (χ2n) is 4.95. The molecule has 22 heavy (non-hydrogen) atoms. The summed E-state index contributed by atoms with van der Waals surface area (Å²) in [5, 5.41) is 5.30. The van der Waals surface area contributed by atoms with Gasteiger partial charge < -0.3 is 5.84 Å². The third kappa shape index (κ3) is 1.91. The van der Waals surface area contributed by atoms with Crippen molar-refractivity contribution in [1.29, 1.82) is 0 Å². The molecule has 5 heteroatoms. The topological polar surface area (TPSA) is 69.6 Å². The van der Waals surface area contributed by atoms with E-state index >= 15 is 0 Å². The van der Waals surface area contributed by atoms with Crippen LogP contribution >= 0.6 is 0 Å². The van der Waals surface area contributed by atoms with Crippen LogP contribution < -0.4 is 5.84 Å². The van der Waals surface area contributed by atoms with Crippen molar-refractivity contribution in [3.05, 3.63) is 67.0 Å². The van der Waals surface area contributed by atoms with E-state index < -0.39 is 0 Å². The minimum Gasteiger partial charge on any atom is -0.321 e. The molecule has 0 spiro atoms. The summed E-state index contributed by atoms with van der Waals surface area (Å²) in [5.41, 5.74) is 4.25. The van der Waals surface area contributed by atoms with Crippen LogP contribution in [0.4, 0.5) is 0 Å². The van der Waals surface area contributed by atoms with Crippen LogP contribution in [-0.2, 0) is 0 Å². The highest BCUT2D eigenvalue weighted by Gasteiger charge is 2.17. The van der Waals surface area contributed by atoms with E-state index in [1.807, 2.05) is 60.7 Å². The Bertz CT molecular complexity index is 929. The minimum absolute atomic E-state index is 0.618. The van der Waals surface area contributed by atoms with Crippen molar-refractivity contribution in [2.75, 3.05) is 5.84 Å². The molecule has 0 aliphatic carbocycles. The first kappa shape index (κ1) is 12.5. The van der Waals surface area contributed by atoms with Gasteiger partial charge in [0.25, 0.3) is 0 Å². The van der Waals surface area contributed by atoms with E-state index in [0.717, 1.165) is 27.9 Å². The van der Waals surface area contributed by atoms with Gasteiger partial charge in [-0.2, -0.15) is 4.79 Å². The van der Waals surface area contributed by atoms with Gasteiger partial charge in [-0.1, -0.05) is 60.7 Å². The van der Waals surface area contributed by atoms with E-state index in [4.69, 9.17) is 5.84 Å². The summed E-state index contributed by atoms with van der Waals surface area (Å²) in [6.07, 6.45) is 1.52. The zero-order valence-corrected chi connectivity index (χ0v) is 11.7. The first-order chi connectivity index (χ1) is 10.8. The van der Waals surface area contributed by atoms with Crippen LogP contribution in [0.2, 0.25) is 0 Å². The van der Waals surface area contributed by atoms with Crippen molar-refractivity contribution in [2.45, 2.75) is 0 Å². The lowest BCUT2D eigenvalue weighted by molar-refractivity contribution is 0.852. The molecule has 2 aromatic carbocycles. The number of hydrogen-bond acceptors (Lipinski definition) is 4. The molecule has 5 nitrogen and oxygen atoms in total. The summed E-state index contributed by atoms with van der Waals surface area (Å²) in [5.74, 6) is 5.98. The number of fused-ring (bicyclic) bond motifs is 1.